The first kappa shape index (κ1) is 14.1. The Morgan fingerprint density at radius 2 is 2.10 bits per heavy atom. The minimum absolute atomic E-state index is 0.122. The molecule has 0 radical (unpaired) electrons. The summed E-state index contributed by atoms with van der Waals surface area (Å²) in [4.78, 5) is 4.29. The van der Waals surface area contributed by atoms with Gasteiger partial charge in [0.1, 0.15) is 0 Å². The summed E-state index contributed by atoms with van der Waals surface area (Å²) in [6.45, 7) is 2.46. The third-order valence-corrected chi connectivity index (χ3v) is 5.34. The van der Waals surface area contributed by atoms with Crippen LogP contribution in [0.1, 0.15) is 29.6 Å². The molecule has 1 aliphatic rings. The van der Waals surface area contributed by atoms with Gasteiger partial charge >= 0.3 is 0 Å². The van der Waals surface area contributed by atoms with Crippen molar-refractivity contribution in [1.82, 2.24) is 10.1 Å². The molecule has 1 N–H and O–H groups in total. The molecule has 0 bridgehead atoms. The van der Waals surface area contributed by atoms with E-state index in [1.54, 1.807) is 0 Å². The Morgan fingerprint density at radius 3 is 2.76 bits per heavy atom. The van der Waals surface area contributed by atoms with Gasteiger partial charge in [-0.25, -0.2) is 8.42 Å². The third-order valence-electron chi connectivity index (χ3n) is 3.58. The summed E-state index contributed by atoms with van der Waals surface area (Å²) >= 11 is 0. The van der Waals surface area contributed by atoms with E-state index >= 15 is 0 Å². The summed E-state index contributed by atoms with van der Waals surface area (Å²) in [5, 5.41) is 7.09. The molecule has 2 aromatic rings. The number of sulfone groups is 1. The number of hydrogen-bond acceptors (Lipinski definition) is 6. The molecule has 3 rings (SSSR count). The second-order valence-electron chi connectivity index (χ2n) is 5.37. The molecule has 6 nitrogen and oxygen atoms in total. The predicted octanol–water partition coefficient (Wildman–Crippen LogP) is 1.89. The van der Waals surface area contributed by atoms with Crippen LogP contribution in [0, 0.1) is 6.92 Å². The molecule has 0 aliphatic carbocycles. The minimum Gasteiger partial charge on any atom is -0.376 e. The monoisotopic (exact) mass is 307 g/mol. The van der Waals surface area contributed by atoms with Crippen molar-refractivity contribution in [3.8, 4) is 0 Å². The van der Waals surface area contributed by atoms with Crippen LogP contribution in [0.25, 0.3) is 0 Å². The van der Waals surface area contributed by atoms with Crippen LogP contribution in [0.3, 0.4) is 0 Å². The molecule has 21 heavy (non-hydrogen) atoms. The number of nitrogens with one attached hydrogen (secondary N) is 1. The van der Waals surface area contributed by atoms with Gasteiger partial charge in [-0.05, 0) is 25.5 Å². The highest BCUT2D eigenvalue weighted by molar-refractivity contribution is 7.91. The number of benzene rings is 1. The Kier molecular flexibility index (Phi) is 3.67. The number of rotatable bonds is 4. The fourth-order valence-electron chi connectivity index (χ4n) is 2.35. The summed E-state index contributed by atoms with van der Waals surface area (Å²) in [6.07, 6.45) is 0.576. The van der Waals surface area contributed by atoms with Crippen LogP contribution >= 0.6 is 0 Å². The van der Waals surface area contributed by atoms with Crippen molar-refractivity contribution in [2.75, 3.05) is 16.8 Å². The Balaban J connectivity index is 1.62. The fraction of sp³-hybridized carbons (Fsp3) is 0.429. The quantitative estimate of drug-likeness (QED) is 0.928. The van der Waals surface area contributed by atoms with E-state index in [-0.39, 0.29) is 17.4 Å². The number of aryl methyl sites for hydroxylation is 1. The summed E-state index contributed by atoms with van der Waals surface area (Å²) < 4.78 is 28.1. The van der Waals surface area contributed by atoms with Crippen LogP contribution in [0.15, 0.2) is 28.8 Å². The molecule has 2 heterocycles. The normalized spacial score (nSPS) is 20.5. The van der Waals surface area contributed by atoms with Crippen LogP contribution in [0.2, 0.25) is 0 Å². The van der Waals surface area contributed by atoms with Crippen molar-refractivity contribution in [2.24, 2.45) is 0 Å². The maximum Gasteiger partial charge on any atom is 0.245 e. The Labute approximate surface area is 123 Å². The van der Waals surface area contributed by atoms with Gasteiger partial charge < -0.3 is 9.84 Å². The molecule has 112 valence electrons. The molecule has 0 spiro atoms. The second kappa shape index (κ2) is 5.48. The molecular formula is C14H17N3O3S. The van der Waals surface area contributed by atoms with Gasteiger partial charge in [0.25, 0.3) is 0 Å². The summed E-state index contributed by atoms with van der Waals surface area (Å²) in [7, 11) is -2.93. The smallest absolute Gasteiger partial charge is 0.245 e. The second-order valence-corrected chi connectivity index (χ2v) is 7.59. The van der Waals surface area contributed by atoms with E-state index < -0.39 is 9.84 Å². The Bertz CT molecular complexity index is 722. The van der Waals surface area contributed by atoms with Gasteiger partial charge in [0, 0.05) is 11.6 Å². The minimum atomic E-state index is -2.93. The molecule has 7 heteroatoms. The third kappa shape index (κ3) is 3.41. The fourth-order valence-corrected chi connectivity index (χ4v) is 4.09. The number of hydrogen-bond donors (Lipinski definition) is 1. The van der Waals surface area contributed by atoms with Crippen LogP contribution in [0.4, 0.5) is 5.69 Å². The number of nitrogens with zero attached hydrogens (tertiary/aromatic N) is 2. The molecule has 1 aromatic heterocycles. The highest BCUT2D eigenvalue weighted by Crippen LogP contribution is 2.26. The van der Waals surface area contributed by atoms with Crippen molar-refractivity contribution in [2.45, 2.75) is 25.8 Å². The van der Waals surface area contributed by atoms with E-state index in [0.29, 0.717) is 24.7 Å². The lowest BCUT2D eigenvalue weighted by atomic mass is 10.1. The average Bonchev–Trinajstić information content (AvgIpc) is 3.04. The van der Waals surface area contributed by atoms with Crippen molar-refractivity contribution in [1.29, 1.82) is 0 Å². The lowest BCUT2D eigenvalue weighted by molar-refractivity contribution is 0.375. The maximum absolute atomic E-state index is 11.5. The summed E-state index contributed by atoms with van der Waals surface area (Å²) in [6, 6.07) is 8.00. The molecule has 1 aliphatic heterocycles. The van der Waals surface area contributed by atoms with Crippen molar-refractivity contribution in [3.05, 3.63) is 41.5 Å². The molecule has 1 unspecified atom stereocenters. The van der Waals surface area contributed by atoms with Gasteiger partial charge in [0.05, 0.1) is 18.1 Å². The van der Waals surface area contributed by atoms with Gasteiger partial charge in [0.15, 0.2) is 15.7 Å². The first-order valence-corrected chi connectivity index (χ1v) is 8.67. The molecule has 1 fully saturated rings. The highest BCUT2D eigenvalue weighted by atomic mass is 32.2. The SMILES string of the molecule is Cc1ccc(NCc2nc(C3CCS(=O)(=O)C3)no2)cc1. The summed E-state index contributed by atoms with van der Waals surface area (Å²) in [5.41, 5.74) is 2.17. The van der Waals surface area contributed by atoms with Gasteiger partial charge in [-0.1, -0.05) is 22.9 Å². The topological polar surface area (TPSA) is 85.1 Å². The van der Waals surface area contributed by atoms with E-state index in [9.17, 15) is 8.42 Å². The Morgan fingerprint density at radius 1 is 1.33 bits per heavy atom. The van der Waals surface area contributed by atoms with Gasteiger partial charge in [0.2, 0.25) is 5.89 Å². The van der Waals surface area contributed by atoms with E-state index in [1.807, 2.05) is 31.2 Å². The first-order valence-electron chi connectivity index (χ1n) is 6.85. The van der Waals surface area contributed by atoms with Gasteiger partial charge in [-0.2, -0.15) is 4.98 Å². The molecule has 1 atom stereocenters. The van der Waals surface area contributed by atoms with E-state index in [4.69, 9.17) is 4.52 Å². The van der Waals surface area contributed by atoms with E-state index in [1.165, 1.54) is 5.56 Å². The van der Waals surface area contributed by atoms with Gasteiger partial charge in [-0.3, -0.25) is 0 Å². The van der Waals surface area contributed by atoms with E-state index in [0.717, 1.165) is 5.69 Å². The van der Waals surface area contributed by atoms with E-state index in [2.05, 4.69) is 15.5 Å². The lowest BCUT2D eigenvalue weighted by Gasteiger charge is -2.03. The molecule has 0 saturated carbocycles. The number of anilines is 1. The van der Waals surface area contributed by atoms with Crippen molar-refractivity contribution >= 4 is 15.5 Å². The zero-order chi connectivity index (χ0) is 14.9. The molecular weight excluding hydrogens is 290 g/mol. The molecule has 1 aromatic carbocycles. The standard InChI is InChI=1S/C14H17N3O3S/c1-10-2-4-12(5-3-10)15-8-13-16-14(17-20-13)11-6-7-21(18,19)9-11/h2-5,11,15H,6-9H2,1H3. The van der Waals surface area contributed by atoms with Crippen molar-refractivity contribution in [3.63, 3.8) is 0 Å². The lowest BCUT2D eigenvalue weighted by Crippen LogP contribution is -2.05. The van der Waals surface area contributed by atoms with Crippen LogP contribution in [-0.2, 0) is 16.4 Å². The Hall–Kier alpha value is -1.89. The molecule has 1 saturated heterocycles. The first-order chi connectivity index (χ1) is 10.0. The number of aromatic nitrogens is 2. The van der Waals surface area contributed by atoms with Gasteiger partial charge in [-0.15, -0.1) is 0 Å². The zero-order valence-corrected chi connectivity index (χ0v) is 12.6. The largest absolute Gasteiger partial charge is 0.376 e. The van der Waals surface area contributed by atoms with Crippen LogP contribution in [0.5, 0.6) is 0 Å². The highest BCUT2D eigenvalue weighted by Gasteiger charge is 2.32. The average molecular weight is 307 g/mol. The van der Waals surface area contributed by atoms with Crippen LogP contribution < -0.4 is 5.32 Å². The van der Waals surface area contributed by atoms with Crippen molar-refractivity contribution < 1.29 is 12.9 Å². The molecule has 0 amide bonds. The zero-order valence-electron chi connectivity index (χ0n) is 11.7. The predicted molar refractivity (Wildman–Crippen MR) is 78.8 cm³/mol. The summed E-state index contributed by atoms with van der Waals surface area (Å²) in [5.74, 6) is 1.17. The maximum atomic E-state index is 11.5. The van der Waals surface area contributed by atoms with Crippen LogP contribution in [-0.4, -0.2) is 30.1 Å².